The van der Waals surface area contributed by atoms with Crippen LogP contribution in [0.25, 0.3) is 11.3 Å². The molecule has 2 rings (SSSR count). The van der Waals surface area contributed by atoms with Gasteiger partial charge in [-0.25, -0.2) is 4.79 Å². The lowest BCUT2D eigenvalue weighted by atomic mass is 10.1. The van der Waals surface area contributed by atoms with Gasteiger partial charge in [0.2, 0.25) is 0 Å². The van der Waals surface area contributed by atoms with E-state index in [1.807, 2.05) is 0 Å². The lowest BCUT2D eigenvalue weighted by Gasteiger charge is -2.07. The van der Waals surface area contributed by atoms with Gasteiger partial charge in [-0.15, -0.1) is 0 Å². The molecule has 2 aromatic rings. The smallest absolute Gasteiger partial charge is 0.339 e. The van der Waals surface area contributed by atoms with E-state index < -0.39 is 5.97 Å². The molecule has 0 saturated heterocycles. The summed E-state index contributed by atoms with van der Waals surface area (Å²) >= 11 is 5.80. The highest BCUT2D eigenvalue weighted by Gasteiger charge is 2.18. The molecule has 1 heterocycles. The van der Waals surface area contributed by atoms with Gasteiger partial charge in [0.05, 0.1) is 10.7 Å². The van der Waals surface area contributed by atoms with E-state index in [1.165, 1.54) is 6.07 Å². The number of anilines is 1. The van der Waals surface area contributed by atoms with Gasteiger partial charge in [-0.2, -0.15) is 0 Å². The summed E-state index contributed by atoms with van der Waals surface area (Å²) in [6, 6.07) is 6.65. The van der Waals surface area contributed by atoms with Crippen LogP contribution in [0.5, 0.6) is 0 Å². The molecular formula is C12H10ClNO3. The summed E-state index contributed by atoms with van der Waals surface area (Å²) in [6.45, 7) is 1.80. The van der Waals surface area contributed by atoms with Gasteiger partial charge < -0.3 is 15.3 Å². The molecule has 5 heteroatoms. The first-order chi connectivity index (χ1) is 8.00. The third-order valence-electron chi connectivity index (χ3n) is 2.41. The summed E-state index contributed by atoms with van der Waals surface area (Å²) in [5.74, 6) is 0.100. The number of benzene rings is 1. The molecule has 88 valence electrons. The van der Waals surface area contributed by atoms with Gasteiger partial charge in [0, 0.05) is 5.56 Å². The van der Waals surface area contributed by atoms with Crippen LogP contribution >= 0.6 is 11.6 Å². The molecule has 4 nitrogen and oxygen atoms in total. The molecule has 3 N–H and O–H groups in total. The number of aromatic carboxylic acids is 1. The quantitative estimate of drug-likeness (QED) is 0.804. The van der Waals surface area contributed by atoms with Gasteiger partial charge in [-0.3, -0.25) is 0 Å². The predicted octanol–water partition coefficient (Wildman–Crippen LogP) is 3.19. The number of nitrogen functional groups attached to an aromatic ring is 1. The highest BCUT2D eigenvalue weighted by atomic mass is 35.5. The number of hydrogen-bond acceptors (Lipinski definition) is 3. The zero-order valence-electron chi connectivity index (χ0n) is 9.03. The van der Waals surface area contributed by atoms with Crippen LogP contribution in [0, 0.1) is 6.92 Å². The van der Waals surface area contributed by atoms with Crippen LogP contribution in [0.15, 0.2) is 28.7 Å². The number of rotatable bonds is 2. The number of aryl methyl sites for hydroxylation is 1. The summed E-state index contributed by atoms with van der Waals surface area (Å²) in [6.07, 6.45) is 0. The Bertz CT molecular complexity index is 589. The fourth-order valence-corrected chi connectivity index (χ4v) is 1.85. The molecule has 0 unspecified atom stereocenters. The normalized spacial score (nSPS) is 10.5. The molecule has 0 aliphatic carbocycles. The average molecular weight is 252 g/mol. The largest absolute Gasteiger partial charge is 0.478 e. The maximum Gasteiger partial charge on any atom is 0.339 e. The monoisotopic (exact) mass is 251 g/mol. The molecule has 0 bridgehead atoms. The number of hydrogen-bond donors (Lipinski definition) is 2. The van der Waals surface area contributed by atoms with Crippen molar-refractivity contribution in [3.05, 3.63) is 40.6 Å². The first-order valence-electron chi connectivity index (χ1n) is 4.89. The summed E-state index contributed by atoms with van der Waals surface area (Å²) in [5, 5.41) is 9.14. The Labute approximate surface area is 103 Å². The Balaban J connectivity index is 2.65. The molecule has 0 amide bonds. The third kappa shape index (κ3) is 1.99. The second-order valence-electron chi connectivity index (χ2n) is 3.60. The molecule has 0 aliphatic heterocycles. The SMILES string of the molecule is Cc1ccc(-c2ccc(Cl)c(C(=O)O)c2N)o1. The van der Waals surface area contributed by atoms with E-state index in [1.54, 1.807) is 25.1 Å². The van der Waals surface area contributed by atoms with Crippen molar-refractivity contribution in [1.82, 2.24) is 0 Å². The minimum Gasteiger partial charge on any atom is -0.478 e. The van der Waals surface area contributed by atoms with Crippen LogP contribution < -0.4 is 5.73 Å². The van der Waals surface area contributed by atoms with Crippen LogP contribution in [0.4, 0.5) is 5.69 Å². The number of carboxylic acid groups (broad SMARTS) is 1. The Hall–Kier alpha value is -1.94. The highest BCUT2D eigenvalue weighted by molar-refractivity contribution is 6.34. The maximum atomic E-state index is 11.0. The molecule has 0 radical (unpaired) electrons. The lowest BCUT2D eigenvalue weighted by Crippen LogP contribution is -2.04. The number of carbonyl (C=O) groups is 1. The minimum atomic E-state index is -1.15. The van der Waals surface area contributed by atoms with Crippen molar-refractivity contribution in [2.75, 3.05) is 5.73 Å². The molecule has 0 atom stereocenters. The Morgan fingerprint density at radius 3 is 2.59 bits per heavy atom. The number of furan rings is 1. The van der Waals surface area contributed by atoms with Crippen LogP contribution in [0.3, 0.4) is 0 Å². The maximum absolute atomic E-state index is 11.0. The van der Waals surface area contributed by atoms with Gasteiger partial charge in [0.25, 0.3) is 0 Å². The second kappa shape index (κ2) is 4.14. The van der Waals surface area contributed by atoms with Crippen molar-refractivity contribution in [3.8, 4) is 11.3 Å². The third-order valence-corrected chi connectivity index (χ3v) is 2.73. The van der Waals surface area contributed by atoms with E-state index >= 15 is 0 Å². The van der Waals surface area contributed by atoms with Crippen LogP contribution in [0.1, 0.15) is 16.1 Å². The van der Waals surface area contributed by atoms with Crippen molar-refractivity contribution in [2.45, 2.75) is 6.92 Å². The molecular weight excluding hydrogens is 242 g/mol. The zero-order valence-corrected chi connectivity index (χ0v) is 9.78. The zero-order chi connectivity index (χ0) is 12.6. The van der Waals surface area contributed by atoms with Crippen molar-refractivity contribution in [2.24, 2.45) is 0 Å². The summed E-state index contributed by atoms with van der Waals surface area (Å²) < 4.78 is 5.41. The van der Waals surface area contributed by atoms with Gasteiger partial charge >= 0.3 is 5.97 Å². The Morgan fingerprint density at radius 1 is 1.35 bits per heavy atom. The fraction of sp³-hybridized carbons (Fsp3) is 0.0833. The molecule has 0 fully saturated rings. The first kappa shape index (κ1) is 11.5. The standard InChI is InChI=1S/C12H10ClNO3/c1-6-2-5-9(17-6)7-3-4-8(13)10(11(7)14)12(15)16/h2-5H,14H2,1H3,(H,15,16). The number of carboxylic acids is 1. The Morgan fingerprint density at radius 2 is 2.06 bits per heavy atom. The Kier molecular flexibility index (Phi) is 2.81. The van der Waals surface area contributed by atoms with Crippen molar-refractivity contribution < 1.29 is 14.3 Å². The predicted molar refractivity (Wildman–Crippen MR) is 65.3 cm³/mol. The summed E-state index contributed by atoms with van der Waals surface area (Å²) in [7, 11) is 0. The van der Waals surface area contributed by atoms with E-state index in [2.05, 4.69) is 0 Å². The van der Waals surface area contributed by atoms with Crippen molar-refractivity contribution >= 4 is 23.3 Å². The van der Waals surface area contributed by atoms with Gasteiger partial charge in [0.1, 0.15) is 17.1 Å². The lowest BCUT2D eigenvalue weighted by molar-refractivity contribution is 0.0698. The number of halogens is 1. The van der Waals surface area contributed by atoms with E-state index in [4.69, 9.17) is 26.9 Å². The number of nitrogens with two attached hydrogens (primary N) is 1. The van der Waals surface area contributed by atoms with E-state index in [9.17, 15) is 4.79 Å². The molecule has 17 heavy (non-hydrogen) atoms. The first-order valence-corrected chi connectivity index (χ1v) is 5.26. The molecule has 0 aliphatic rings. The summed E-state index contributed by atoms with van der Waals surface area (Å²) in [4.78, 5) is 11.0. The highest BCUT2D eigenvalue weighted by Crippen LogP contribution is 2.33. The molecule has 0 spiro atoms. The van der Waals surface area contributed by atoms with Gasteiger partial charge in [0.15, 0.2) is 0 Å². The second-order valence-corrected chi connectivity index (χ2v) is 4.01. The van der Waals surface area contributed by atoms with E-state index in [0.717, 1.165) is 5.76 Å². The van der Waals surface area contributed by atoms with Crippen molar-refractivity contribution in [3.63, 3.8) is 0 Å². The van der Waals surface area contributed by atoms with E-state index in [0.29, 0.717) is 11.3 Å². The minimum absolute atomic E-state index is 0.0989. The summed E-state index contributed by atoms with van der Waals surface area (Å²) in [5.41, 5.74) is 6.34. The van der Waals surface area contributed by atoms with E-state index in [-0.39, 0.29) is 16.3 Å². The molecule has 1 aromatic heterocycles. The molecule has 0 saturated carbocycles. The average Bonchev–Trinajstić information content (AvgIpc) is 2.64. The van der Waals surface area contributed by atoms with Crippen LogP contribution in [0.2, 0.25) is 5.02 Å². The molecule has 1 aromatic carbocycles. The fourth-order valence-electron chi connectivity index (χ4n) is 1.60. The van der Waals surface area contributed by atoms with Gasteiger partial charge in [-0.05, 0) is 31.2 Å². The van der Waals surface area contributed by atoms with Crippen molar-refractivity contribution in [1.29, 1.82) is 0 Å². The topological polar surface area (TPSA) is 76.5 Å². The van der Waals surface area contributed by atoms with Crippen LogP contribution in [-0.4, -0.2) is 11.1 Å². The van der Waals surface area contributed by atoms with Gasteiger partial charge in [-0.1, -0.05) is 11.6 Å². The van der Waals surface area contributed by atoms with Crippen LogP contribution in [-0.2, 0) is 0 Å².